The normalized spacial score (nSPS) is 15.2. The van der Waals surface area contributed by atoms with Crippen molar-refractivity contribution >= 4 is 5.84 Å². The highest BCUT2D eigenvalue weighted by molar-refractivity contribution is 5.96. The predicted molar refractivity (Wildman–Crippen MR) is 45.9 cm³/mol. The van der Waals surface area contributed by atoms with Gasteiger partial charge in [0, 0.05) is 6.54 Å². The maximum absolute atomic E-state index is 10.9. The molecule has 1 aromatic heterocycles. The van der Waals surface area contributed by atoms with E-state index in [9.17, 15) is 4.79 Å². The van der Waals surface area contributed by atoms with Gasteiger partial charge < -0.3 is 15.4 Å². The summed E-state index contributed by atoms with van der Waals surface area (Å²) >= 11 is 0. The molecule has 3 N–H and O–H groups in total. The fraction of sp³-hybridized carbons (Fsp3) is 0.286. The van der Waals surface area contributed by atoms with Gasteiger partial charge >= 0.3 is 0 Å². The van der Waals surface area contributed by atoms with Gasteiger partial charge in [0.1, 0.15) is 0 Å². The van der Waals surface area contributed by atoms with Crippen LogP contribution in [0.2, 0.25) is 0 Å². The van der Waals surface area contributed by atoms with E-state index in [2.05, 4.69) is 20.3 Å². The smallest absolute Gasteiger partial charge is 0.255 e. The zero-order valence-corrected chi connectivity index (χ0v) is 6.74. The molecule has 0 spiro atoms. The molecule has 13 heavy (non-hydrogen) atoms. The molecule has 68 valence electrons. The van der Waals surface area contributed by atoms with Gasteiger partial charge in [-0.15, -0.1) is 0 Å². The number of aliphatic imine (C=N–C) groups is 1. The molecule has 0 saturated heterocycles. The fourth-order valence-electron chi connectivity index (χ4n) is 1.11. The summed E-state index contributed by atoms with van der Waals surface area (Å²) in [5.41, 5.74) is -0.390. The molecular weight excluding hydrogens is 172 g/mol. The molecule has 6 nitrogen and oxygen atoms in total. The van der Waals surface area contributed by atoms with Crippen LogP contribution in [0.25, 0.3) is 0 Å². The van der Waals surface area contributed by atoms with E-state index in [0.29, 0.717) is 12.4 Å². The van der Waals surface area contributed by atoms with E-state index < -0.39 is 0 Å². The van der Waals surface area contributed by atoms with E-state index in [-0.39, 0.29) is 17.3 Å². The molecule has 1 aliphatic rings. The standard InChI is InChI=1S/C7H8N4O2/c12-4-3-5(13)11-7(10-4)6-8-1-2-9-6/h3H,1-2H2,(H,8,9)(H2,10,11,12,13). The van der Waals surface area contributed by atoms with E-state index in [1.807, 2.05) is 0 Å². The first-order valence-corrected chi connectivity index (χ1v) is 3.85. The summed E-state index contributed by atoms with van der Waals surface area (Å²) < 4.78 is 0. The summed E-state index contributed by atoms with van der Waals surface area (Å²) in [6.45, 7) is 1.39. The number of hydrogen-bond donors (Lipinski definition) is 3. The Morgan fingerprint density at radius 1 is 1.54 bits per heavy atom. The lowest BCUT2D eigenvalue weighted by Crippen LogP contribution is -2.24. The maximum Gasteiger partial charge on any atom is 0.255 e. The Balaban J connectivity index is 2.45. The van der Waals surface area contributed by atoms with Crippen LogP contribution in [-0.2, 0) is 0 Å². The molecule has 1 aliphatic heterocycles. The topological polar surface area (TPSA) is 90.4 Å². The zero-order valence-electron chi connectivity index (χ0n) is 6.74. The van der Waals surface area contributed by atoms with Crippen LogP contribution in [0.1, 0.15) is 5.82 Å². The third-order valence-electron chi connectivity index (χ3n) is 1.63. The van der Waals surface area contributed by atoms with E-state index in [1.165, 1.54) is 0 Å². The lowest BCUT2D eigenvalue weighted by molar-refractivity contribution is 0.450. The van der Waals surface area contributed by atoms with Crippen LogP contribution in [0.4, 0.5) is 0 Å². The highest BCUT2D eigenvalue weighted by Gasteiger charge is 2.10. The number of rotatable bonds is 1. The van der Waals surface area contributed by atoms with E-state index >= 15 is 0 Å². The summed E-state index contributed by atoms with van der Waals surface area (Å²) in [4.78, 5) is 21.2. The summed E-state index contributed by atoms with van der Waals surface area (Å²) in [7, 11) is 0. The largest absolute Gasteiger partial charge is 0.493 e. The van der Waals surface area contributed by atoms with Crippen LogP contribution in [-0.4, -0.2) is 34.0 Å². The Bertz CT molecular complexity index is 409. The summed E-state index contributed by atoms with van der Waals surface area (Å²) in [6, 6.07) is 1.01. The number of hydrogen-bond acceptors (Lipinski definition) is 5. The SMILES string of the molecule is O=c1cc(O)nc(C2=NCCN2)[nH]1. The summed E-state index contributed by atoms with van der Waals surface area (Å²) in [6.07, 6.45) is 0. The first kappa shape index (κ1) is 7.78. The molecule has 0 radical (unpaired) electrons. The van der Waals surface area contributed by atoms with Crippen molar-refractivity contribution in [2.24, 2.45) is 4.99 Å². The Morgan fingerprint density at radius 3 is 3.00 bits per heavy atom. The Labute approximate surface area is 73.4 Å². The Morgan fingerprint density at radius 2 is 2.38 bits per heavy atom. The van der Waals surface area contributed by atoms with Crippen molar-refractivity contribution < 1.29 is 5.11 Å². The monoisotopic (exact) mass is 180 g/mol. The van der Waals surface area contributed by atoms with Gasteiger partial charge in [-0.25, -0.2) is 0 Å². The van der Waals surface area contributed by atoms with E-state index in [1.54, 1.807) is 0 Å². The molecule has 6 heteroatoms. The third-order valence-corrected chi connectivity index (χ3v) is 1.63. The second-order valence-corrected chi connectivity index (χ2v) is 2.61. The van der Waals surface area contributed by atoms with Crippen LogP contribution in [0, 0.1) is 0 Å². The van der Waals surface area contributed by atoms with Crippen LogP contribution in [0.15, 0.2) is 15.9 Å². The van der Waals surface area contributed by atoms with Crippen molar-refractivity contribution in [2.75, 3.05) is 13.1 Å². The number of amidine groups is 1. The van der Waals surface area contributed by atoms with Gasteiger partial charge in [0.25, 0.3) is 5.56 Å². The van der Waals surface area contributed by atoms with E-state index in [0.717, 1.165) is 12.6 Å². The minimum Gasteiger partial charge on any atom is -0.493 e. The molecule has 2 rings (SSSR count). The molecular formula is C7H8N4O2. The predicted octanol–water partition coefficient (Wildman–Crippen LogP) is -1.17. The molecule has 1 aromatic rings. The molecule has 0 saturated carbocycles. The second-order valence-electron chi connectivity index (χ2n) is 2.61. The number of aromatic amines is 1. The quantitative estimate of drug-likeness (QED) is 0.507. The highest BCUT2D eigenvalue weighted by atomic mass is 16.3. The average molecular weight is 180 g/mol. The van der Waals surface area contributed by atoms with Crippen molar-refractivity contribution in [3.63, 3.8) is 0 Å². The first-order valence-electron chi connectivity index (χ1n) is 3.85. The molecule has 0 atom stereocenters. The number of aromatic nitrogens is 2. The summed E-state index contributed by atoms with van der Waals surface area (Å²) in [5.74, 6) is 0.505. The maximum atomic E-state index is 10.9. The molecule has 0 unspecified atom stereocenters. The molecule has 0 fully saturated rings. The molecule has 0 aliphatic carbocycles. The van der Waals surface area contributed by atoms with E-state index in [4.69, 9.17) is 5.11 Å². The van der Waals surface area contributed by atoms with Crippen molar-refractivity contribution in [3.8, 4) is 5.88 Å². The molecule has 0 amide bonds. The van der Waals surface area contributed by atoms with Crippen molar-refractivity contribution in [3.05, 3.63) is 22.2 Å². The Hall–Kier alpha value is -1.85. The second kappa shape index (κ2) is 2.89. The van der Waals surface area contributed by atoms with Crippen LogP contribution < -0.4 is 10.9 Å². The molecule has 0 bridgehead atoms. The lowest BCUT2D eigenvalue weighted by Gasteiger charge is -2.00. The van der Waals surface area contributed by atoms with Gasteiger partial charge in [0.15, 0.2) is 11.7 Å². The van der Waals surface area contributed by atoms with Gasteiger partial charge in [-0.05, 0) is 0 Å². The number of aromatic hydroxyl groups is 1. The van der Waals surface area contributed by atoms with Crippen molar-refractivity contribution in [1.29, 1.82) is 0 Å². The van der Waals surface area contributed by atoms with Gasteiger partial charge in [0.05, 0.1) is 12.6 Å². The first-order chi connectivity index (χ1) is 6.25. The average Bonchev–Trinajstić information content (AvgIpc) is 2.53. The molecule has 2 heterocycles. The third kappa shape index (κ3) is 1.51. The number of nitrogens with one attached hydrogen (secondary N) is 2. The van der Waals surface area contributed by atoms with Crippen LogP contribution in [0.5, 0.6) is 5.88 Å². The van der Waals surface area contributed by atoms with Gasteiger partial charge in [-0.1, -0.05) is 0 Å². The minimum atomic E-state index is -0.390. The van der Waals surface area contributed by atoms with Crippen LogP contribution in [0.3, 0.4) is 0 Å². The minimum absolute atomic E-state index is 0.280. The highest BCUT2D eigenvalue weighted by Crippen LogP contribution is 2.00. The number of nitrogens with zero attached hydrogens (tertiary/aromatic N) is 2. The van der Waals surface area contributed by atoms with Gasteiger partial charge in [-0.3, -0.25) is 9.79 Å². The Kier molecular flexibility index (Phi) is 1.73. The zero-order chi connectivity index (χ0) is 9.26. The van der Waals surface area contributed by atoms with Crippen LogP contribution >= 0.6 is 0 Å². The fourth-order valence-corrected chi connectivity index (χ4v) is 1.11. The van der Waals surface area contributed by atoms with Crippen molar-refractivity contribution in [2.45, 2.75) is 0 Å². The lowest BCUT2D eigenvalue weighted by atomic mass is 10.5. The van der Waals surface area contributed by atoms with Gasteiger partial charge in [0.2, 0.25) is 5.88 Å². The number of H-pyrrole nitrogens is 1. The molecule has 0 aromatic carbocycles. The van der Waals surface area contributed by atoms with Crippen molar-refractivity contribution in [1.82, 2.24) is 15.3 Å². The summed E-state index contributed by atoms with van der Waals surface area (Å²) in [5, 5.41) is 12.0. The van der Waals surface area contributed by atoms with Gasteiger partial charge in [-0.2, -0.15) is 4.98 Å².